The molecule has 1 aliphatic rings. The van der Waals surface area contributed by atoms with Gasteiger partial charge >= 0.3 is 0 Å². The molecule has 1 aromatic carbocycles. The van der Waals surface area contributed by atoms with Gasteiger partial charge in [-0.25, -0.2) is 9.37 Å². The second-order valence-corrected chi connectivity index (χ2v) is 6.06. The van der Waals surface area contributed by atoms with Gasteiger partial charge in [0.15, 0.2) is 0 Å². The summed E-state index contributed by atoms with van der Waals surface area (Å²) in [4.78, 5) is 6.10. The van der Waals surface area contributed by atoms with Crippen LogP contribution in [0.4, 0.5) is 4.39 Å². The largest absolute Gasteiger partial charge is 0.312 e. The van der Waals surface area contributed by atoms with Crippen LogP contribution in [-0.4, -0.2) is 12.0 Å². The van der Waals surface area contributed by atoms with Gasteiger partial charge in [-0.1, -0.05) is 0 Å². The number of thiazole rings is 1. The number of halogens is 1. The zero-order valence-corrected chi connectivity index (χ0v) is 12.0. The van der Waals surface area contributed by atoms with Crippen molar-refractivity contribution in [2.45, 2.75) is 32.2 Å². The molecule has 0 saturated heterocycles. The lowest BCUT2D eigenvalue weighted by Gasteiger charge is -2.19. The second kappa shape index (κ2) is 5.02. The first-order valence-corrected chi connectivity index (χ1v) is 7.44. The van der Waals surface area contributed by atoms with Gasteiger partial charge in [-0.15, -0.1) is 11.3 Å². The van der Waals surface area contributed by atoms with E-state index in [-0.39, 0.29) is 5.82 Å². The summed E-state index contributed by atoms with van der Waals surface area (Å²) in [5.74, 6) is -0.154. The average Bonchev–Trinajstić information content (AvgIpc) is 2.85. The van der Waals surface area contributed by atoms with Gasteiger partial charge in [-0.05, 0) is 57.0 Å². The fraction of sp³-hybridized carbons (Fsp3) is 0.400. The third-order valence-electron chi connectivity index (χ3n) is 3.70. The van der Waals surface area contributed by atoms with Crippen molar-refractivity contribution in [3.8, 4) is 10.6 Å². The number of fused-ring (bicyclic) bond motifs is 1. The molecule has 19 heavy (non-hydrogen) atoms. The summed E-state index contributed by atoms with van der Waals surface area (Å²) in [6.45, 7) is 1.79. The minimum absolute atomic E-state index is 0.154. The first-order valence-electron chi connectivity index (χ1n) is 6.62. The van der Waals surface area contributed by atoms with Crippen LogP contribution in [0.3, 0.4) is 0 Å². The lowest BCUT2D eigenvalue weighted by atomic mass is 9.98. The lowest BCUT2D eigenvalue weighted by molar-refractivity contribution is 0.501. The smallest absolute Gasteiger partial charge is 0.126 e. The minimum atomic E-state index is -0.154. The molecule has 100 valence electrons. The Hall–Kier alpha value is -1.26. The zero-order chi connectivity index (χ0) is 13.4. The standard InChI is InChI=1S/C15H17FN2S/c1-9-8-10(6-7-11(9)16)15-18-13-5-3-4-12(17-2)14(13)19-15/h6-8,12,17H,3-5H2,1-2H3. The molecular formula is C15H17FN2S. The maximum absolute atomic E-state index is 13.3. The molecule has 1 heterocycles. The predicted octanol–water partition coefficient (Wildman–Crippen LogP) is 3.85. The normalized spacial score (nSPS) is 18.4. The van der Waals surface area contributed by atoms with E-state index in [0.717, 1.165) is 17.0 Å². The Morgan fingerprint density at radius 3 is 3.00 bits per heavy atom. The van der Waals surface area contributed by atoms with Gasteiger partial charge in [0.05, 0.1) is 5.69 Å². The summed E-state index contributed by atoms with van der Waals surface area (Å²) in [6.07, 6.45) is 3.42. The number of hydrogen-bond acceptors (Lipinski definition) is 3. The van der Waals surface area contributed by atoms with E-state index in [1.54, 1.807) is 18.3 Å². The molecule has 2 nitrogen and oxygen atoms in total. The Labute approximate surface area is 116 Å². The van der Waals surface area contributed by atoms with Crippen LogP contribution in [-0.2, 0) is 6.42 Å². The Morgan fingerprint density at radius 1 is 1.42 bits per heavy atom. The molecule has 1 unspecified atom stereocenters. The van der Waals surface area contributed by atoms with Crippen molar-refractivity contribution in [3.05, 3.63) is 40.2 Å². The van der Waals surface area contributed by atoms with Crippen molar-refractivity contribution in [3.63, 3.8) is 0 Å². The molecule has 1 atom stereocenters. The topological polar surface area (TPSA) is 24.9 Å². The van der Waals surface area contributed by atoms with E-state index in [4.69, 9.17) is 4.98 Å². The zero-order valence-electron chi connectivity index (χ0n) is 11.2. The Balaban J connectivity index is 2.02. The fourth-order valence-electron chi connectivity index (χ4n) is 2.60. The summed E-state index contributed by atoms with van der Waals surface area (Å²) < 4.78 is 13.3. The highest BCUT2D eigenvalue weighted by Gasteiger charge is 2.23. The van der Waals surface area contributed by atoms with Crippen molar-refractivity contribution in [2.75, 3.05) is 7.05 Å². The Bertz CT molecular complexity index is 606. The Kier molecular flexibility index (Phi) is 3.37. The molecule has 3 rings (SSSR count). The van der Waals surface area contributed by atoms with Gasteiger partial charge in [-0.3, -0.25) is 0 Å². The van der Waals surface area contributed by atoms with Crippen LogP contribution in [0.2, 0.25) is 0 Å². The third kappa shape index (κ3) is 2.30. The molecule has 1 aromatic heterocycles. The van der Waals surface area contributed by atoms with Crippen molar-refractivity contribution in [1.82, 2.24) is 10.3 Å². The SMILES string of the molecule is CNC1CCCc2nc(-c3ccc(F)c(C)c3)sc21. The molecule has 4 heteroatoms. The first-order chi connectivity index (χ1) is 9.19. The summed E-state index contributed by atoms with van der Waals surface area (Å²) in [7, 11) is 2.00. The lowest BCUT2D eigenvalue weighted by Crippen LogP contribution is -2.19. The van der Waals surface area contributed by atoms with Gasteiger partial charge < -0.3 is 5.32 Å². The number of rotatable bonds is 2. The van der Waals surface area contributed by atoms with E-state index in [9.17, 15) is 4.39 Å². The maximum atomic E-state index is 13.3. The number of nitrogens with zero attached hydrogens (tertiary/aromatic N) is 1. The summed E-state index contributed by atoms with van der Waals surface area (Å²) in [5.41, 5.74) is 2.91. The van der Waals surface area contributed by atoms with Gasteiger partial charge in [0, 0.05) is 16.5 Å². The third-order valence-corrected chi connectivity index (χ3v) is 4.96. The van der Waals surface area contributed by atoms with Crippen LogP contribution in [0.25, 0.3) is 10.6 Å². The molecule has 2 aromatic rings. The van der Waals surface area contributed by atoms with Gasteiger partial charge in [0.25, 0.3) is 0 Å². The molecule has 0 spiro atoms. The minimum Gasteiger partial charge on any atom is -0.312 e. The molecule has 0 amide bonds. The van der Waals surface area contributed by atoms with E-state index in [0.29, 0.717) is 11.6 Å². The predicted molar refractivity (Wildman–Crippen MR) is 77.0 cm³/mol. The highest BCUT2D eigenvalue weighted by atomic mass is 32.1. The van der Waals surface area contributed by atoms with E-state index < -0.39 is 0 Å². The first kappa shape index (κ1) is 12.8. The number of hydrogen-bond donors (Lipinski definition) is 1. The molecule has 0 fully saturated rings. The van der Waals surface area contributed by atoms with Crippen LogP contribution in [0, 0.1) is 12.7 Å². The highest BCUT2D eigenvalue weighted by Crippen LogP contribution is 2.37. The van der Waals surface area contributed by atoms with Crippen LogP contribution in [0.5, 0.6) is 0 Å². The highest BCUT2D eigenvalue weighted by molar-refractivity contribution is 7.15. The number of aromatic nitrogens is 1. The van der Waals surface area contributed by atoms with Gasteiger partial charge in [0.1, 0.15) is 10.8 Å². The Morgan fingerprint density at radius 2 is 2.26 bits per heavy atom. The average molecular weight is 276 g/mol. The van der Waals surface area contributed by atoms with E-state index in [1.165, 1.54) is 29.5 Å². The molecule has 0 bridgehead atoms. The molecule has 0 saturated carbocycles. The molecule has 1 aliphatic carbocycles. The quantitative estimate of drug-likeness (QED) is 0.901. The van der Waals surface area contributed by atoms with E-state index in [1.807, 2.05) is 19.2 Å². The van der Waals surface area contributed by atoms with Crippen LogP contribution < -0.4 is 5.32 Å². The number of benzene rings is 1. The number of aryl methyl sites for hydroxylation is 2. The van der Waals surface area contributed by atoms with Crippen LogP contribution in [0.1, 0.15) is 35.0 Å². The van der Waals surface area contributed by atoms with Crippen molar-refractivity contribution in [1.29, 1.82) is 0 Å². The summed E-state index contributed by atoms with van der Waals surface area (Å²) >= 11 is 1.74. The van der Waals surface area contributed by atoms with E-state index >= 15 is 0 Å². The van der Waals surface area contributed by atoms with Crippen LogP contribution in [0.15, 0.2) is 18.2 Å². The number of nitrogens with one attached hydrogen (secondary N) is 1. The second-order valence-electron chi connectivity index (χ2n) is 5.03. The monoisotopic (exact) mass is 276 g/mol. The molecule has 1 N–H and O–H groups in total. The molecule has 0 aliphatic heterocycles. The van der Waals surface area contributed by atoms with Crippen molar-refractivity contribution < 1.29 is 4.39 Å². The summed E-state index contributed by atoms with van der Waals surface area (Å²) in [5, 5.41) is 4.37. The molecular weight excluding hydrogens is 259 g/mol. The summed E-state index contributed by atoms with van der Waals surface area (Å²) in [6, 6.07) is 5.66. The van der Waals surface area contributed by atoms with Crippen molar-refractivity contribution >= 4 is 11.3 Å². The maximum Gasteiger partial charge on any atom is 0.126 e. The van der Waals surface area contributed by atoms with Crippen LogP contribution >= 0.6 is 11.3 Å². The van der Waals surface area contributed by atoms with E-state index in [2.05, 4.69) is 5.32 Å². The van der Waals surface area contributed by atoms with Gasteiger partial charge in [-0.2, -0.15) is 0 Å². The van der Waals surface area contributed by atoms with Gasteiger partial charge in [0.2, 0.25) is 0 Å². The fourth-order valence-corrected chi connectivity index (χ4v) is 3.85. The van der Waals surface area contributed by atoms with Crippen molar-refractivity contribution in [2.24, 2.45) is 0 Å². The molecule has 0 radical (unpaired) electrons.